The zero-order valence-electron chi connectivity index (χ0n) is 19.6. The van der Waals surface area contributed by atoms with Gasteiger partial charge in [-0.1, -0.05) is 24.3 Å². The predicted molar refractivity (Wildman–Crippen MR) is 121 cm³/mol. The van der Waals surface area contributed by atoms with Crippen molar-refractivity contribution in [3.05, 3.63) is 58.1 Å². The predicted octanol–water partition coefficient (Wildman–Crippen LogP) is 1.83. The number of piperazine rings is 1. The molecule has 1 aliphatic heterocycles. The van der Waals surface area contributed by atoms with Crippen molar-refractivity contribution in [3.8, 4) is 0 Å². The summed E-state index contributed by atoms with van der Waals surface area (Å²) >= 11 is 0. The molecule has 1 aromatic rings. The van der Waals surface area contributed by atoms with Crippen LogP contribution in [0, 0.1) is 0 Å². The van der Waals surface area contributed by atoms with Crippen LogP contribution in [0.15, 0.2) is 46.9 Å². The topological polar surface area (TPSA) is 93.2 Å². The number of Topliss-reactive ketones (excluding diaryl/α,β-unsaturated/α-hetero) is 2. The SMILES string of the molecule is COC1=C(OC)C(=O)C(Cc2ccc(CCC(=O)N3CCN(C(C)=O)CC3)cc2)=C(C)C1=O. The number of amides is 2. The molecule has 2 aliphatic rings. The van der Waals surface area contributed by atoms with E-state index in [0.29, 0.717) is 56.6 Å². The molecule has 0 saturated carbocycles. The van der Waals surface area contributed by atoms with E-state index >= 15 is 0 Å². The minimum atomic E-state index is -0.344. The van der Waals surface area contributed by atoms with E-state index in [-0.39, 0.29) is 34.9 Å². The summed E-state index contributed by atoms with van der Waals surface area (Å²) in [6, 6.07) is 7.70. The number of ether oxygens (including phenoxy) is 2. The van der Waals surface area contributed by atoms with Gasteiger partial charge in [-0.05, 0) is 24.5 Å². The minimum absolute atomic E-state index is 0.0426. The van der Waals surface area contributed by atoms with E-state index in [1.165, 1.54) is 14.2 Å². The number of carbonyl (C=O) groups excluding carboxylic acids is 4. The van der Waals surface area contributed by atoms with E-state index in [9.17, 15) is 19.2 Å². The van der Waals surface area contributed by atoms with Gasteiger partial charge in [-0.25, -0.2) is 0 Å². The van der Waals surface area contributed by atoms with Crippen LogP contribution in [0.25, 0.3) is 0 Å². The molecule has 1 saturated heterocycles. The Morgan fingerprint density at radius 1 is 0.848 bits per heavy atom. The quantitative estimate of drug-likeness (QED) is 0.584. The van der Waals surface area contributed by atoms with Gasteiger partial charge in [0, 0.05) is 57.1 Å². The van der Waals surface area contributed by atoms with E-state index in [2.05, 4.69) is 0 Å². The molecular weight excluding hydrogens is 424 g/mol. The van der Waals surface area contributed by atoms with Gasteiger partial charge in [0.2, 0.25) is 34.9 Å². The summed E-state index contributed by atoms with van der Waals surface area (Å²) in [4.78, 5) is 52.8. The first-order valence-corrected chi connectivity index (χ1v) is 11.0. The number of ketones is 2. The first-order valence-electron chi connectivity index (χ1n) is 11.0. The van der Waals surface area contributed by atoms with Crippen molar-refractivity contribution < 1.29 is 28.7 Å². The second-order valence-electron chi connectivity index (χ2n) is 8.21. The molecule has 176 valence electrons. The largest absolute Gasteiger partial charge is 0.489 e. The minimum Gasteiger partial charge on any atom is -0.489 e. The maximum absolute atomic E-state index is 12.8. The molecular formula is C25H30N2O6. The van der Waals surface area contributed by atoms with Crippen molar-refractivity contribution in [3.63, 3.8) is 0 Å². The van der Waals surface area contributed by atoms with Gasteiger partial charge in [0.1, 0.15) is 0 Å². The number of hydrogen-bond acceptors (Lipinski definition) is 6. The van der Waals surface area contributed by atoms with Gasteiger partial charge >= 0.3 is 0 Å². The lowest BCUT2D eigenvalue weighted by Gasteiger charge is -2.34. The molecule has 2 amide bonds. The smallest absolute Gasteiger partial charge is 0.228 e. The Kier molecular flexibility index (Phi) is 7.68. The molecule has 8 nitrogen and oxygen atoms in total. The first-order chi connectivity index (χ1) is 15.8. The molecule has 1 aromatic carbocycles. The van der Waals surface area contributed by atoms with Crippen molar-refractivity contribution in [1.82, 2.24) is 9.80 Å². The summed E-state index contributed by atoms with van der Waals surface area (Å²) in [7, 11) is 2.68. The third-order valence-electron chi connectivity index (χ3n) is 6.20. The standard InChI is InChI=1S/C25H30N2O6/c1-16-20(23(31)25(33-4)24(32-3)22(16)30)15-19-7-5-18(6-8-19)9-10-21(29)27-13-11-26(12-14-27)17(2)28/h5-8H,9-15H2,1-4H3. The molecule has 1 heterocycles. The Bertz CT molecular complexity index is 1010. The molecule has 8 heteroatoms. The number of allylic oxidation sites excluding steroid dienone is 2. The van der Waals surface area contributed by atoms with Crippen molar-refractivity contribution in [2.24, 2.45) is 0 Å². The molecule has 0 N–H and O–H groups in total. The van der Waals surface area contributed by atoms with Crippen molar-refractivity contribution in [2.75, 3.05) is 40.4 Å². The highest BCUT2D eigenvalue weighted by atomic mass is 16.5. The summed E-state index contributed by atoms with van der Waals surface area (Å²) in [5, 5.41) is 0. The highest BCUT2D eigenvalue weighted by molar-refractivity contribution is 6.23. The third-order valence-corrected chi connectivity index (χ3v) is 6.20. The Balaban J connectivity index is 1.58. The molecule has 0 radical (unpaired) electrons. The van der Waals surface area contributed by atoms with Crippen LogP contribution < -0.4 is 0 Å². The first kappa shape index (κ1) is 24.2. The summed E-state index contributed by atoms with van der Waals surface area (Å²) in [5.74, 6) is -0.689. The van der Waals surface area contributed by atoms with Gasteiger partial charge in [0.25, 0.3) is 0 Å². The van der Waals surface area contributed by atoms with E-state index in [1.54, 1.807) is 18.7 Å². The fraction of sp³-hybridized carbons (Fsp3) is 0.440. The lowest BCUT2D eigenvalue weighted by Crippen LogP contribution is -2.50. The van der Waals surface area contributed by atoms with Gasteiger partial charge in [0.05, 0.1) is 14.2 Å². The van der Waals surface area contributed by atoms with Gasteiger partial charge in [-0.3, -0.25) is 19.2 Å². The van der Waals surface area contributed by atoms with E-state index in [1.807, 2.05) is 29.2 Å². The third kappa shape index (κ3) is 5.32. The number of benzene rings is 1. The second-order valence-corrected chi connectivity index (χ2v) is 8.21. The van der Waals surface area contributed by atoms with Crippen LogP contribution in [-0.4, -0.2) is 73.6 Å². The van der Waals surface area contributed by atoms with Crippen LogP contribution in [0.2, 0.25) is 0 Å². The fourth-order valence-electron chi connectivity index (χ4n) is 4.11. The Morgan fingerprint density at radius 3 is 1.91 bits per heavy atom. The van der Waals surface area contributed by atoms with Gasteiger partial charge in [-0.15, -0.1) is 0 Å². The molecule has 3 rings (SSSR count). The maximum Gasteiger partial charge on any atom is 0.228 e. The molecule has 1 aliphatic carbocycles. The number of aryl methyl sites for hydroxylation is 1. The monoisotopic (exact) mass is 454 g/mol. The Hall–Kier alpha value is -3.42. The number of rotatable bonds is 7. The summed E-state index contributed by atoms with van der Waals surface area (Å²) in [6.07, 6.45) is 1.32. The highest BCUT2D eigenvalue weighted by Gasteiger charge is 2.34. The zero-order chi connectivity index (χ0) is 24.1. The zero-order valence-corrected chi connectivity index (χ0v) is 19.6. The molecule has 0 aromatic heterocycles. The average molecular weight is 455 g/mol. The van der Waals surface area contributed by atoms with Crippen LogP contribution in [-0.2, 0) is 41.5 Å². The number of methoxy groups -OCH3 is 2. The van der Waals surface area contributed by atoms with Crippen molar-refractivity contribution in [1.29, 1.82) is 0 Å². The van der Waals surface area contributed by atoms with Crippen LogP contribution >= 0.6 is 0 Å². The molecule has 33 heavy (non-hydrogen) atoms. The van der Waals surface area contributed by atoms with Crippen LogP contribution in [0.3, 0.4) is 0 Å². The van der Waals surface area contributed by atoms with E-state index in [4.69, 9.17) is 9.47 Å². The van der Waals surface area contributed by atoms with Crippen molar-refractivity contribution in [2.45, 2.75) is 33.1 Å². The Labute approximate surface area is 193 Å². The molecule has 0 atom stereocenters. The van der Waals surface area contributed by atoms with Gasteiger partial charge < -0.3 is 19.3 Å². The lowest BCUT2D eigenvalue weighted by atomic mass is 9.88. The van der Waals surface area contributed by atoms with E-state index < -0.39 is 0 Å². The summed E-state index contributed by atoms with van der Waals surface area (Å²) < 4.78 is 10.2. The van der Waals surface area contributed by atoms with Gasteiger partial charge in [0.15, 0.2) is 0 Å². The van der Waals surface area contributed by atoms with Crippen LogP contribution in [0.1, 0.15) is 31.4 Å². The molecule has 0 spiro atoms. The molecule has 0 bridgehead atoms. The van der Waals surface area contributed by atoms with Crippen LogP contribution in [0.4, 0.5) is 0 Å². The molecule has 1 fully saturated rings. The van der Waals surface area contributed by atoms with Gasteiger partial charge in [-0.2, -0.15) is 0 Å². The molecule has 0 unspecified atom stereocenters. The fourth-order valence-corrected chi connectivity index (χ4v) is 4.11. The lowest BCUT2D eigenvalue weighted by molar-refractivity contribution is -0.138. The Morgan fingerprint density at radius 2 is 1.36 bits per heavy atom. The number of nitrogens with zero attached hydrogens (tertiary/aromatic N) is 2. The summed E-state index contributed by atoms with van der Waals surface area (Å²) in [6.45, 7) is 5.47. The van der Waals surface area contributed by atoms with Crippen LogP contribution in [0.5, 0.6) is 0 Å². The summed E-state index contributed by atoms with van der Waals surface area (Å²) in [5.41, 5.74) is 2.66. The maximum atomic E-state index is 12.8. The highest BCUT2D eigenvalue weighted by Crippen LogP contribution is 2.28. The average Bonchev–Trinajstić information content (AvgIpc) is 2.83. The number of carbonyl (C=O) groups is 4. The second kappa shape index (κ2) is 10.5. The van der Waals surface area contributed by atoms with E-state index in [0.717, 1.165) is 11.1 Å². The van der Waals surface area contributed by atoms with Crippen molar-refractivity contribution >= 4 is 23.4 Å². The normalized spacial score (nSPS) is 17.0. The number of hydrogen-bond donors (Lipinski definition) is 0.